The highest BCUT2D eigenvalue weighted by atomic mass is 32.2. The molecular weight excluding hydrogens is 408 g/mol. The van der Waals surface area contributed by atoms with Crippen molar-refractivity contribution in [1.82, 2.24) is 15.5 Å². The SMILES string of the molecule is O=C(NCCCN1c2ccccc2Sc2ccccc21)c1n[nH]c(=O)c2ccccc12. The molecule has 0 aliphatic carbocycles. The molecule has 2 N–H and O–H groups in total. The monoisotopic (exact) mass is 428 g/mol. The van der Waals surface area contributed by atoms with Gasteiger partial charge in [-0.2, -0.15) is 5.10 Å². The predicted octanol–water partition coefficient (Wildman–Crippen LogP) is 4.35. The van der Waals surface area contributed by atoms with E-state index in [2.05, 4.69) is 68.9 Å². The van der Waals surface area contributed by atoms with E-state index < -0.39 is 0 Å². The lowest BCUT2D eigenvalue weighted by Gasteiger charge is -2.32. The summed E-state index contributed by atoms with van der Waals surface area (Å²) in [7, 11) is 0. The number of rotatable bonds is 5. The van der Waals surface area contributed by atoms with E-state index in [4.69, 9.17) is 0 Å². The van der Waals surface area contributed by atoms with Crippen LogP contribution in [0.4, 0.5) is 11.4 Å². The summed E-state index contributed by atoms with van der Waals surface area (Å²) in [6, 6.07) is 23.7. The third-order valence-corrected chi connectivity index (χ3v) is 6.42. The molecule has 5 rings (SSSR count). The standard InChI is InChI=1S/C24H20N4O2S/c29-23-17-9-2-1-8-16(17)22(26-27-23)24(30)25-14-7-15-28-18-10-3-5-12-20(18)31-21-13-6-4-11-19(21)28/h1-6,8-13H,7,14-15H2,(H,25,30)(H,27,29). The van der Waals surface area contributed by atoms with Crippen molar-refractivity contribution in [2.75, 3.05) is 18.0 Å². The molecule has 4 aromatic rings. The average Bonchev–Trinajstić information content (AvgIpc) is 2.81. The lowest BCUT2D eigenvalue weighted by atomic mass is 10.1. The van der Waals surface area contributed by atoms with Gasteiger partial charge in [-0.25, -0.2) is 5.10 Å². The molecule has 0 fully saturated rings. The second kappa shape index (κ2) is 8.28. The lowest BCUT2D eigenvalue weighted by molar-refractivity contribution is 0.0949. The van der Waals surface area contributed by atoms with Gasteiger partial charge in [-0.1, -0.05) is 54.2 Å². The van der Waals surface area contributed by atoms with Crippen LogP contribution in [0.5, 0.6) is 0 Å². The molecule has 2 heterocycles. The Labute approximate surface area is 183 Å². The Morgan fingerprint density at radius 3 is 2.23 bits per heavy atom. The van der Waals surface area contributed by atoms with Crippen molar-refractivity contribution in [3.05, 3.63) is 88.8 Å². The van der Waals surface area contributed by atoms with Crippen LogP contribution in [0.2, 0.25) is 0 Å². The number of aromatic nitrogens is 2. The second-order valence-corrected chi connectivity index (χ2v) is 8.33. The van der Waals surface area contributed by atoms with Crippen molar-refractivity contribution >= 4 is 39.8 Å². The molecule has 31 heavy (non-hydrogen) atoms. The molecule has 3 aromatic carbocycles. The van der Waals surface area contributed by atoms with Crippen molar-refractivity contribution in [3.8, 4) is 0 Å². The Kier molecular flexibility index (Phi) is 5.18. The van der Waals surface area contributed by atoms with E-state index in [0.717, 1.165) is 13.0 Å². The van der Waals surface area contributed by atoms with Gasteiger partial charge in [-0.05, 0) is 36.8 Å². The number of benzene rings is 3. The first-order chi connectivity index (χ1) is 15.2. The molecule has 0 spiro atoms. The van der Waals surface area contributed by atoms with Crippen LogP contribution in [0.1, 0.15) is 16.9 Å². The van der Waals surface area contributed by atoms with Gasteiger partial charge in [0.25, 0.3) is 11.5 Å². The number of hydrogen-bond acceptors (Lipinski definition) is 5. The topological polar surface area (TPSA) is 78.1 Å². The maximum absolute atomic E-state index is 12.7. The van der Waals surface area contributed by atoms with Crippen molar-refractivity contribution < 1.29 is 4.79 Å². The first-order valence-electron chi connectivity index (χ1n) is 10.1. The van der Waals surface area contributed by atoms with E-state index in [9.17, 15) is 9.59 Å². The summed E-state index contributed by atoms with van der Waals surface area (Å²) in [5.74, 6) is -0.289. The van der Waals surface area contributed by atoms with Gasteiger partial charge in [-0.15, -0.1) is 0 Å². The van der Waals surface area contributed by atoms with Crippen LogP contribution < -0.4 is 15.8 Å². The number of carbonyl (C=O) groups excluding carboxylic acids is 1. The summed E-state index contributed by atoms with van der Waals surface area (Å²) in [4.78, 5) is 29.4. The molecular formula is C24H20N4O2S. The third-order valence-electron chi connectivity index (χ3n) is 5.29. The van der Waals surface area contributed by atoms with Gasteiger partial charge in [-0.3, -0.25) is 9.59 Å². The Morgan fingerprint density at radius 2 is 1.52 bits per heavy atom. The van der Waals surface area contributed by atoms with Crippen molar-refractivity contribution in [2.24, 2.45) is 0 Å². The normalized spacial score (nSPS) is 12.3. The molecule has 7 heteroatoms. The highest BCUT2D eigenvalue weighted by Gasteiger charge is 2.22. The molecule has 0 radical (unpaired) electrons. The van der Waals surface area contributed by atoms with Gasteiger partial charge < -0.3 is 10.2 Å². The number of nitrogens with one attached hydrogen (secondary N) is 2. The van der Waals surface area contributed by atoms with Crippen LogP contribution in [0.25, 0.3) is 10.8 Å². The number of amides is 1. The molecule has 0 unspecified atom stereocenters. The number of carbonyl (C=O) groups is 1. The molecule has 1 aromatic heterocycles. The fourth-order valence-corrected chi connectivity index (χ4v) is 4.93. The van der Waals surface area contributed by atoms with Crippen LogP contribution in [0, 0.1) is 0 Å². The molecule has 6 nitrogen and oxygen atoms in total. The molecule has 1 aliphatic heterocycles. The minimum absolute atomic E-state index is 0.236. The smallest absolute Gasteiger partial charge is 0.272 e. The quantitative estimate of drug-likeness (QED) is 0.462. The van der Waals surface area contributed by atoms with Crippen molar-refractivity contribution in [3.63, 3.8) is 0 Å². The van der Waals surface area contributed by atoms with Crippen molar-refractivity contribution in [2.45, 2.75) is 16.2 Å². The summed E-state index contributed by atoms with van der Waals surface area (Å²) in [5.41, 5.74) is 2.31. The van der Waals surface area contributed by atoms with Gasteiger partial charge in [0.1, 0.15) is 0 Å². The van der Waals surface area contributed by atoms with Gasteiger partial charge in [0.05, 0.1) is 16.8 Å². The minimum Gasteiger partial charge on any atom is -0.351 e. The summed E-state index contributed by atoms with van der Waals surface area (Å²) in [5, 5.41) is 10.3. The van der Waals surface area contributed by atoms with Crippen LogP contribution in [0.15, 0.2) is 87.4 Å². The largest absolute Gasteiger partial charge is 0.351 e. The number of H-pyrrole nitrogens is 1. The van der Waals surface area contributed by atoms with E-state index >= 15 is 0 Å². The minimum atomic E-state index is -0.299. The molecule has 1 amide bonds. The predicted molar refractivity (Wildman–Crippen MR) is 123 cm³/mol. The van der Waals surface area contributed by atoms with Crippen LogP contribution in [-0.4, -0.2) is 29.2 Å². The van der Waals surface area contributed by atoms with E-state index in [-0.39, 0.29) is 17.2 Å². The lowest BCUT2D eigenvalue weighted by Crippen LogP contribution is -2.30. The van der Waals surface area contributed by atoms with E-state index in [1.54, 1.807) is 36.0 Å². The number of anilines is 2. The van der Waals surface area contributed by atoms with Gasteiger partial charge in [0, 0.05) is 28.3 Å². The zero-order chi connectivity index (χ0) is 21.2. The zero-order valence-corrected chi connectivity index (χ0v) is 17.5. The Bertz CT molecular complexity index is 1290. The van der Waals surface area contributed by atoms with E-state index in [1.165, 1.54) is 21.2 Å². The Morgan fingerprint density at radius 1 is 0.903 bits per heavy atom. The van der Waals surface area contributed by atoms with Gasteiger partial charge in [0.15, 0.2) is 5.69 Å². The van der Waals surface area contributed by atoms with Gasteiger partial charge >= 0.3 is 0 Å². The van der Waals surface area contributed by atoms with Crippen LogP contribution in [-0.2, 0) is 0 Å². The first-order valence-corrected chi connectivity index (χ1v) is 10.9. The number of aromatic amines is 1. The zero-order valence-electron chi connectivity index (χ0n) is 16.7. The fraction of sp³-hybridized carbons (Fsp3) is 0.125. The molecule has 0 atom stereocenters. The average molecular weight is 429 g/mol. The molecule has 0 saturated carbocycles. The number of hydrogen-bond donors (Lipinski definition) is 2. The second-order valence-electron chi connectivity index (χ2n) is 7.25. The molecule has 0 saturated heterocycles. The summed E-state index contributed by atoms with van der Waals surface area (Å²) >= 11 is 1.78. The van der Waals surface area contributed by atoms with Gasteiger partial charge in [0.2, 0.25) is 0 Å². The van der Waals surface area contributed by atoms with Crippen LogP contribution >= 0.6 is 11.8 Å². The number of nitrogens with zero attached hydrogens (tertiary/aromatic N) is 2. The summed E-state index contributed by atoms with van der Waals surface area (Å²) in [6.45, 7) is 1.27. The van der Waals surface area contributed by atoms with Crippen molar-refractivity contribution in [1.29, 1.82) is 0 Å². The summed E-state index contributed by atoms with van der Waals surface area (Å²) in [6.07, 6.45) is 0.764. The Balaban J connectivity index is 1.29. The maximum Gasteiger partial charge on any atom is 0.272 e. The van der Waals surface area contributed by atoms with E-state index in [1.807, 2.05) is 0 Å². The highest BCUT2D eigenvalue weighted by molar-refractivity contribution is 7.99. The molecule has 1 aliphatic rings. The third kappa shape index (κ3) is 3.68. The number of fused-ring (bicyclic) bond motifs is 3. The fourth-order valence-electron chi connectivity index (χ4n) is 3.83. The Hall–Kier alpha value is -3.58. The first kappa shape index (κ1) is 19.4. The number of para-hydroxylation sites is 2. The van der Waals surface area contributed by atoms with Crippen LogP contribution in [0.3, 0.4) is 0 Å². The molecule has 154 valence electrons. The molecule has 0 bridgehead atoms. The highest BCUT2D eigenvalue weighted by Crippen LogP contribution is 2.47. The maximum atomic E-state index is 12.7. The van der Waals surface area contributed by atoms with E-state index in [0.29, 0.717) is 17.3 Å². The summed E-state index contributed by atoms with van der Waals surface area (Å²) < 4.78 is 0.